The van der Waals surface area contributed by atoms with Crippen LogP contribution in [0.4, 0.5) is 15.4 Å². The van der Waals surface area contributed by atoms with Gasteiger partial charge >= 0.3 is 12.2 Å². The van der Waals surface area contributed by atoms with Gasteiger partial charge in [-0.3, -0.25) is 5.32 Å². The number of amides is 1. The molecule has 1 saturated heterocycles. The van der Waals surface area contributed by atoms with Crippen molar-refractivity contribution in [1.82, 2.24) is 14.6 Å². The van der Waals surface area contributed by atoms with Gasteiger partial charge in [0.1, 0.15) is 42.8 Å². The zero-order valence-electron chi connectivity index (χ0n) is 19.9. The quantitative estimate of drug-likeness (QED) is 0.457. The van der Waals surface area contributed by atoms with Gasteiger partial charge in [0.25, 0.3) is 0 Å². The van der Waals surface area contributed by atoms with E-state index in [9.17, 15) is 25.1 Å². The van der Waals surface area contributed by atoms with Gasteiger partial charge in [0.15, 0.2) is 5.82 Å². The van der Waals surface area contributed by atoms with E-state index >= 15 is 0 Å². The first-order chi connectivity index (χ1) is 16.6. The molecule has 2 aromatic rings. The maximum Gasteiger partial charge on any atom is 0.508 e. The first-order valence-corrected chi connectivity index (χ1v) is 11.1. The molecule has 35 heavy (non-hydrogen) atoms. The van der Waals surface area contributed by atoms with Gasteiger partial charge in [-0.15, -0.1) is 0 Å². The molecule has 0 spiro atoms. The number of hydrogen-bond donors (Lipinski definition) is 3. The van der Waals surface area contributed by atoms with E-state index in [-0.39, 0.29) is 36.6 Å². The van der Waals surface area contributed by atoms with E-state index in [1.54, 1.807) is 0 Å². The fraction of sp³-hybridized carbons (Fsp3) is 0.591. The predicted molar refractivity (Wildman–Crippen MR) is 119 cm³/mol. The van der Waals surface area contributed by atoms with Crippen LogP contribution in [-0.4, -0.2) is 75.2 Å². The smallest absolute Gasteiger partial charge is 0.449 e. The van der Waals surface area contributed by atoms with Crippen molar-refractivity contribution in [2.45, 2.75) is 51.6 Å². The predicted octanol–water partition coefficient (Wildman–Crippen LogP) is 1.58. The summed E-state index contributed by atoms with van der Waals surface area (Å²) in [6, 6.07) is 4.87. The van der Waals surface area contributed by atoms with Gasteiger partial charge in [-0.25, -0.2) is 19.1 Å². The number of carbonyl (C=O) groups excluding carboxylic acids is 2. The van der Waals surface area contributed by atoms with Crippen molar-refractivity contribution >= 4 is 23.6 Å². The highest BCUT2D eigenvalue weighted by Gasteiger charge is 2.57. The number of aliphatic hydroxyl groups is 2. The molecular weight excluding hydrogens is 462 g/mol. The van der Waals surface area contributed by atoms with Gasteiger partial charge in [0, 0.05) is 0 Å². The number of carbonyl (C=O) groups is 2. The summed E-state index contributed by atoms with van der Waals surface area (Å²) in [5.74, 6) is 0.349. The zero-order chi connectivity index (χ0) is 25.8. The Balaban J connectivity index is 1.81. The van der Waals surface area contributed by atoms with Gasteiger partial charge in [-0.2, -0.15) is 10.4 Å². The highest BCUT2D eigenvalue weighted by atomic mass is 16.7. The second-order valence-corrected chi connectivity index (χ2v) is 8.95. The van der Waals surface area contributed by atoms with Crippen molar-refractivity contribution in [1.29, 1.82) is 5.26 Å². The van der Waals surface area contributed by atoms with E-state index in [0.29, 0.717) is 5.52 Å². The summed E-state index contributed by atoms with van der Waals surface area (Å²) in [6.07, 6.45) is -5.00. The highest BCUT2D eigenvalue weighted by Crippen LogP contribution is 2.40. The number of nitrogens with one attached hydrogen (secondary N) is 1. The van der Waals surface area contributed by atoms with Gasteiger partial charge in [-0.1, -0.05) is 27.7 Å². The molecule has 1 aliphatic heterocycles. The van der Waals surface area contributed by atoms with E-state index in [0.717, 1.165) is 6.33 Å². The Kier molecular flexibility index (Phi) is 8.11. The van der Waals surface area contributed by atoms with Crippen LogP contribution in [0.25, 0.3) is 5.52 Å². The van der Waals surface area contributed by atoms with Gasteiger partial charge in [0.05, 0.1) is 18.9 Å². The zero-order valence-corrected chi connectivity index (χ0v) is 19.9. The third kappa shape index (κ3) is 5.61. The number of hydrogen-bond acceptors (Lipinski definition) is 11. The van der Waals surface area contributed by atoms with Crippen LogP contribution in [0.15, 0.2) is 18.5 Å². The van der Waals surface area contributed by atoms with E-state index in [2.05, 4.69) is 15.4 Å². The van der Waals surface area contributed by atoms with Gasteiger partial charge < -0.3 is 29.2 Å². The number of anilines is 1. The number of rotatable bonds is 8. The third-order valence-corrected chi connectivity index (χ3v) is 5.13. The van der Waals surface area contributed by atoms with Crippen LogP contribution in [-0.2, 0) is 24.5 Å². The SMILES string of the molecule is CC(C)COC(=O)Nc1ncnn2c([C@]3(C#N)O[C@H](COC(=O)OCC(C)C)[C@@H](O)[C@H]3O)ccc12. The minimum absolute atomic E-state index is 0.0763. The number of aliphatic hydroxyl groups excluding tert-OH is 2. The maximum absolute atomic E-state index is 12.1. The fourth-order valence-electron chi connectivity index (χ4n) is 3.43. The maximum atomic E-state index is 12.1. The molecule has 190 valence electrons. The lowest BCUT2D eigenvalue weighted by Gasteiger charge is -2.24. The van der Waals surface area contributed by atoms with E-state index in [4.69, 9.17) is 18.9 Å². The number of aromatic nitrogens is 3. The van der Waals surface area contributed by atoms with Crippen molar-refractivity contribution in [3.05, 3.63) is 24.2 Å². The highest BCUT2D eigenvalue weighted by molar-refractivity contribution is 5.88. The molecule has 3 rings (SSSR count). The van der Waals surface area contributed by atoms with Crippen LogP contribution in [0.2, 0.25) is 0 Å². The largest absolute Gasteiger partial charge is 0.508 e. The van der Waals surface area contributed by atoms with Crippen LogP contribution in [0.3, 0.4) is 0 Å². The Labute approximate surface area is 201 Å². The molecule has 4 atom stereocenters. The minimum atomic E-state index is -2.05. The number of nitrogens with zero attached hydrogens (tertiary/aromatic N) is 4. The molecule has 1 aliphatic rings. The summed E-state index contributed by atoms with van der Waals surface area (Å²) in [4.78, 5) is 27.9. The Hall–Kier alpha value is -3.47. The normalized spacial score (nSPS) is 23.9. The lowest BCUT2D eigenvalue weighted by atomic mass is 9.92. The number of nitriles is 1. The molecule has 2 aromatic heterocycles. The molecule has 1 fully saturated rings. The second-order valence-electron chi connectivity index (χ2n) is 8.95. The van der Waals surface area contributed by atoms with Crippen molar-refractivity contribution < 1.29 is 38.7 Å². The number of ether oxygens (including phenoxy) is 4. The summed E-state index contributed by atoms with van der Waals surface area (Å²) in [6.45, 7) is 7.41. The average Bonchev–Trinajstić information content (AvgIpc) is 3.36. The molecule has 3 N–H and O–H groups in total. The molecule has 0 radical (unpaired) electrons. The molecule has 1 amide bonds. The average molecular weight is 492 g/mol. The van der Waals surface area contributed by atoms with Gasteiger partial charge in [0.2, 0.25) is 5.60 Å². The van der Waals surface area contributed by atoms with Crippen LogP contribution in [0.1, 0.15) is 33.4 Å². The Morgan fingerprint density at radius 1 is 1.20 bits per heavy atom. The van der Waals surface area contributed by atoms with E-state index < -0.39 is 42.8 Å². The van der Waals surface area contributed by atoms with Crippen LogP contribution < -0.4 is 5.32 Å². The molecule has 13 heteroatoms. The summed E-state index contributed by atoms with van der Waals surface area (Å²) in [5.41, 5.74) is -1.68. The van der Waals surface area contributed by atoms with Crippen molar-refractivity contribution in [3.63, 3.8) is 0 Å². The van der Waals surface area contributed by atoms with Crippen LogP contribution >= 0.6 is 0 Å². The first-order valence-electron chi connectivity index (χ1n) is 11.1. The molecular formula is C22H29N5O8. The van der Waals surface area contributed by atoms with E-state index in [1.165, 1.54) is 16.6 Å². The molecule has 3 heterocycles. The molecule has 0 saturated carbocycles. The molecule has 0 aliphatic carbocycles. The van der Waals surface area contributed by atoms with Crippen LogP contribution in [0.5, 0.6) is 0 Å². The van der Waals surface area contributed by atoms with Crippen molar-refractivity contribution in [3.8, 4) is 6.07 Å². The standard InChI is InChI=1S/C22H29N5O8/c1-12(2)7-32-20(30)26-19-14-5-6-16(27(14)25-11-24-19)22(10-23)18(29)17(28)15(35-22)9-34-21(31)33-8-13(3)4/h5-6,11-13,15,17-18,28-29H,7-9H2,1-4H3,(H,24,25,26,30)/t15-,17-,18-,22+/m1/s1. The molecule has 0 unspecified atom stereocenters. The summed E-state index contributed by atoms with van der Waals surface area (Å²) >= 11 is 0. The Bertz CT molecular complexity index is 1100. The topological polar surface area (TPSA) is 178 Å². The summed E-state index contributed by atoms with van der Waals surface area (Å²) in [5, 5.41) is 37.9. The summed E-state index contributed by atoms with van der Waals surface area (Å²) in [7, 11) is 0. The van der Waals surface area contributed by atoms with Gasteiger partial charge in [-0.05, 0) is 24.0 Å². The molecule has 0 aromatic carbocycles. The number of fused-ring (bicyclic) bond motifs is 1. The fourth-order valence-corrected chi connectivity index (χ4v) is 3.43. The lowest BCUT2D eigenvalue weighted by Crippen LogP contribution is -2.41. The van der Waals surface area contributed by atoms with E-state index in [1.807, 2.05) is 33.8 Å². The second kappa shape index (κ2) is 10.9. The van der Waals surface area contributed by atoms with Crippen molar-refractivity contribution in [2.75, 3.05) is 25.1 Å². The van der Waals surface area contributed by atoms with Crippen molar-refractivity contribution in [2.24, 2.45) is 11.8 Å². The molecule has 0 bridgehead atoms. The minimum Gasteiger partial charge on any atom is -0.449 e. The Morgan fingerprint density at radius 3 is 2.54 bits per heavy atom. The lowest BCUT2D eigenvalue weighted by molar-refractivity contribution is -0.0724. The first kappa shape index (κ1) is 26.1. The Morgan fingerprint density at radius 2 is 1.89 bits per heavy atom. The summed E-state index contributed by atoms with van der Waals surface area (Å²) < 4.78 is 22.0. The molecule has 13 nitrogen and oxygen atoms in total. The third-order valence-electron chi connectivity index (χ3n) is 5.13. The monoisotopic (exact) mass is 491 g/mol. The van der Waals surface area contributed by atoms with Crippen LogP contribution in [0, 0.1) is 23.2 Å².